The molecule has 2 aromatic heterocycles. The normalized spacial score (nSPS) is 10.7. The average molecular weight is 424 g/mol. The zero-order valence-corrected chi connectivity index (χ0v) is 16.8. The topological polar surface area (TPSA) is 50.7 Å². The van der Waals surface area contributed by atoms with Crippen LogP contribution >= 0.6 is 11.3 Å². The molecule has 0 bridgehead atoms. The Kier molecular flexibility index (Phi) is 4.78. The van der Waals surface area contributed by atoms with E-state index in [2.05, 4.69) is 20.3 Å². The minimum atomic E-state index is -0.261. The SMILES string of the molecule is Fc1ccc(-c2nc([AsH2])sc2-c2ccnc(Nc3ccccc3)n2)cc1. The Morgan fingerprint density at radius 3 is 2.46 bits per heavy atom. The summed E-state index contributed by atoms with van der Waals surface area (Å²) in [7, 11) is 0. The maximum absolute atomic E-state index is 13.2. The molecule has 2 aromatic carbocycles. The van der Waals surface area contributed by atoms with Gasteiger partial charge in [-0.2, -0.15) is 0 Å². The predicted molar refractivity (Wildman–Crippen MR) is 106 cm³/mol. The Hall–Kier alpha value is -2.56. The van der Waals surface area contributed by atoms with Crippen LogP contribution in [0.5, 0.6) is 0 Å². The Balaban J connectivity index is 1.72. The van der Waals surface area contributed by atoms with Gasteiger partial charge in [0, 0.05) is 0 Å². The van der Waals surface area contributed by atoms with Crippen LogP contribution in [0.1, 0.15) is 0 Å². The molecule has 1 atom stereocenters. The second kappa shape index (κ2) is 7.36. The van der Waals surface area contributed by atoms with Crippen LogP contribution in [0.2, 0.25) is 0 Å². The number of nitrogens with one attached hydrogen (secondary N) is 1. The van der Waals surface area contributed by atoms with Gasteiger partial charge >= 0.3 is 163 Å². The van der Waals surface area contributed by atoms with Gasteiger partial charge in [-0.3, -0.25) is 0 Å². The number of anilines is 2. The van der Waals surface area contributed by atoms with Crippen molar-refractivity contribution in [3.63, 3.8) is 0 Å². The fraction of sp³-hybridized carbons (Fsp3) is 0. The summed E-state index contributed by atoms with van der Waals surface area (Å²) in [6, 6.07) is 18.0. The predicted octanol–water partition coefficient (Wildman–Crippen LogP) is 3.41. The van der Waals surface area contributed by atoms with Crippen LogP contribution in [0, 0.1) is 5.82 Å². The van der Waals surface area contributed by atoms with Crippen LogP contribution in [0.4, 0.5) is 16.0 Å². The third kappa shape index (κ3) is 3.66. The van der Waals surface area contributed by atoms with Gasteiger partial charge in [-0.25, -0.2) is 0 Å². The zero-order chi connectivity index (χ0) is 17.9. The number of hydrogen-bond acceptors (Lipinski definition) is 5. The number of nitrogens with zero attached hydrogens (tertiary/aromatic N) is 3. The van der Waals surface area contributed by atoms with E-state index < -0.39 is 0 Å². The van der Waals surface area contributed by atoms with Crippen LogP contribution in [0.3, 0.4) is 0 Å². The number of para-hydroxylation sites is 1. The fourth-order valence-electron chi connectivity index (χ4n) is 2.51. The van der Waals surface area contributed by atoms with Crippen LogP contribution in [0.25, 0.3) is 21.8 Å². The second-order valence-electron chi connectivity index (χ2n) is 5.49. The quantitative estimate of drug-likeness (QED) is 0.511. The van der Waals surface area contributed by atoms with Gasteiger partial charge in [0.05, 0.1) is 0 Å². The number of benzene rings is 2. The molecule has 0 amide bonds. The summed E-state index contributed by atoms with van der Waals surface area (Å²) < 4.78 is 14.2. The molecule has 4 rings (SSSR count). The molecule has 0 radical (unpaired) electrons. The molecule has 0 aliphatic heterocycles. The Bertz CT molecular complexity index is 1040. The van der Waals surface area contributed by atoms with E-state index >= 15 is 0 Å². The van der Waals surface area contributed by atoms with E-state index in [4.69, 9.17) is 0 Å². The molecule has 1 unspecified atom stereocenters. The summed E-state index contributed by atoms with van der Waals surface area (Å²) in [5.41, 5.74) is 3.41. The number of thiazole rings is 1. The van der Waals surface area contributed by atoms with Crippen molar-refractivity contribution in [3.8, 4) is 21.8 Å². The summed E-state index contributed by atoms with van der Waals surface area (Å²) in [4.78, 5) is 14.5. The number of rotatable bonds is 4. The molecule has 128 valence electrons. The molecular weight excluding hydrogens is 410 g/mol. The Labute approximate surface area is 162 Å². The van der Waals surface area contributed by atoms with Crippen molar-refractivity contribution in [3.05, 3.63) is 72.7 Å². The monoisotopic (exact) mass is 424 g/mol. The Morgan fingerprint density at radius 2 is 1.69 bits per heavy atom. The van der Waals surface area contributed by atoms with E-state index in [9.17, 15) is 4.39 Å². The molecule has 4 aromatic rings. The van der Waals surface area contributed by atoms with Gasteiger partial charge < -0.3 is 0 Å². The van der Waals surface area contributed by atoms with Gasteiger partial charge in [0.2, 0.25) is 0 Å². The molecule has 0 spiro atoms. The van der Waals surface area contributed by atoms with Gasteiger partial charge in [-0.05, 0) is 0 Å². The number of halogens is 1. The summed E-state index contributed by atoms with van der Waals surface area (Å²) in [5, 5.41) is 3.20. The molecule has 0 aliphatic rings. The molecule has 26 heavy (non-hydrogen) atoms. The first-order chi connectivity index (χ1) is 12.7. The van der Waals surface area contributed by atoms with Gasteiger partial charge in [0.25, 0.3) is 0 Å². The van der Waals surface area contributed by atoms with Crippen LogP contribution in [0.15, 0.2) is 66.9 Å². The first-order valence-corrected chi connectivity index (χ1v) is 9.89. The van der Waals surface area contributed by atoms with Crippen LogP contribution < -0.4 is 9.11 Å². The third-order valence-electron chi connectivity index (χ3n) is 3.68. The number of aromatic nitrogens is 3. The van der Waals surface area contributed by atoms with Crippen molar-refractivity contribution in [1.29, 1.82) is 0 Å². The first kappa shape index (κ1) is 16.9. The van der Waals surface area contributed by atoms with E-state index in [1.807, 2.05) is 36.4 Å². The van der Waals surface area contributed by atoms with Gasteiger partial charge in [-0.15, -0.1) is 0 Å². The molecule has 0 fully saturated rings. The van der Waals surface area contributed by atoms with E-state index in [1.54, 1.807) is 29.7 Å². The van der Waals surface area contributed by atoms with Gasteiger partial charge in [0.15, 0.2) is 0 Å². The fourth-order valence-corrected chi connectivity index (χ4v) is 4.35. The Morgan fingerprint density at radius 1 is 0.923 bits per heavy atom. The van der Waals surface area contributed by atoms with Crippen molar-refractivity contribution in [2.45, 2.75) is 0 Å². The van der Waals surface area contributed by atoms with E-state index in [0.29, 0.717) is 5.95 Å². The summed E-state index contributed by atoms with van der Waals surface area (Å²) in [6.45, 7) is 0. The van der Waals surface area contributed by atoms with Crippen molar-refractivity contribution >= 4 is 43.6 Å². The summed E-state index contributed by atoms with van der Waals surface area (Å²) in [5.74, 6) is 0.262. The van der Waals surface area contributed by atoms with Gasteiger partial charge in [0.1, 0.15) is 0 Å². The second-order valence-corrected chi connectivity index (χ2v) is 8.55. The molecule has 1 N–H and O–H groups in total. The molecule has 7 heteroatoms. The van der Waals surface area contributed by atoms with Crippen molar-refractivity contribution < 1.29 is 4.39 Å². The van der Waals surface area contributed by atoms with E-state index in [-0.39, 0.29) is 5.82 Å². The number of hydrogen-bond donors (Lipinski definition) is 1. The zero-order valence-electron chi connectivity index (χ0n) is 13.6. The first-order valence-electron chi connectivity index (χ1n) is 7.87. The van der Waals surface area contributed by atoms with Gasteiger partial charge in [-0.1, -0.05) is 0 Å². The molecule has 0 aliphatic carbocycles. The summed E-state index contributed by atoms with van der Waals surface area (Å²) >= 11 is 3.04. The standard InChI is InChI=1S/C19H14AsFN4S/c20-18-25-16(12-6-8-13(21)9-7-12)17(26-18)15-10-11-22-19(24-15)23-14-4-2-1-3-5-14/h1-11H,20H2,(H,22,23,24). The van der Waals surface area contributed by atoms with E-state index in [1.165, 1.54) is 29.0 Å². The van der Waals surface area contributed by atoms with Crippen molar-refractivity contribution in [2.24, 2.45) is 0 Å². The van der Waals surface area contributed by atoms with Crippen LogP contribution in [-0.4, -0.2) is 31.8 Å². The molecular formula is C19H14AsFN4S. The minimum absolute atomic E-state index is 0.261. The van der Waals surface area contributed by atoms with Crippen molar-refractivity contribution in [1.82, 2.24) is 15.0 Å². The van der Waals surface area contributed by atoms with E-state index in [0.717, 1.165) is 31.3 Å². The third-order valence-corrected chi connectivity index (χ3v) is 5.60. The van der Waals surface area contributed by atoms with Crippen LogP contribution in [-0.2, 0) is 0 Å². The molecule has 4 nitrogen and oxygen atoms in total. The summed E-state index contributed by atoms with van der Waals surface area (Å²) in [6.07, 6.45) is 1.72. The molecule has 2 heterocycles. The maximum atomic E-state index is 13.2. The molecule has 0 saturated carbocycles. The molecule has 0 saturated heterocycles. The van der Waals surface area contributed by atoms with Crippen molar-refractivity contribution in [2.75, 3.05) is 5.32 Å². The average Bonchev–Trinajstić information content (AvgIpc) is 3.05.